The van der Waals surface area contributed by atoms with Crippen molar-refractivity contribution >= 4 is 27.8 Å². The molecule has 0 fully saturated rings. The predicted octanol–water partition coefficient (Wildman–Crippen LogP) is 14.6. The quantitative estimate of drug-likeness (QED) is 0.155. The second-order valence-electron chi connectivity index (χ2n) is 13.3. The Bertz CT molecular complexity index is 2600. The molecule has 0 saturated carbocycles. The number of benzene rings is 9. The van der Waals surface area contributed by atoms with Gasteiger partial charge in [0.15, 0.2) is 0 Å². The van der Waals surface area contributed by atoms with Crippen LogP contribution in [0.1, 0.15) is 0 Å². The lowest BCUT2D eigenvalue weighted by molar-refractivity contribution is 1.28. The van der Waals surface area contributed by atoms with Crippen molar-refractivity contribution in [3.05, 3.63) is 224 Å². The summed E-state index contributed by atoms with van der Waals surface area (Å²) < 4.78 is 0. The van der Waals surface area contributed by atoms with E-state index < -0.39 is 0 Å². The maximum absolute atomic E-state index is 2.35. The van der Waals surface area contributed by atoms with Crippen molar-refractivity contribution in [3.63, 3.8) is 0 Å². The van der Waals surface area contributed by atoms with Crippen LogP contribution in [0, 0.1) is 0 Å². The van der Waals surface area contributed by atoms with Crippen LogP contribution in [0.2, 0.25) is 0 Å². The molecule has 0 aliphatic rings. The summed E-state index contributed by atoms with van der Waals surface area (Å²) in [6.45, 7) is 0. The molecule has 1 heteroatoms. The molecular formula is C52H37N. The minimum atomic E-state index is 1.10. The molecule has 250 valence electrons. The Morgan fingerprint density at radius 3 is 1.15 bits per heavy atom. The first kappa shape index (κ1) is 32.0. The van der Waals surface area contributed by atoms with Crippen LogP contribution >= 0.6 is 0 Å². The van der Waals surface area contributed by atoms with E-state index in [-0.39, 0.29) is 0 Å². The molecule has 0 aliphatic heterocycles. The third-order valence-corrected chi connectivity index (χ3v) is 10.1. The largest absolute Gasteiger partial charge is 0.311 e. The molecule has 0 heterocycles. The van der Waals surface area contributed by atoms with E-state index in [0.29, 0.717) is 0 Å². The molecule has 0 amide bonds. The van der Waals surface area contributed by atoms with E-state index >= 15 is 0 Å². The van der Waals surface area contributed by atoms with Gasteiger partial charge in [-0.2, -0.15) is 0 Å². The number of anilines is 3. The van der Waals surface area contributed by atoms with Crippen molar-refractivity contribution in [3.8, 4) is 55.6 Å². The highest BCUT2D eigenvalue weighted by Gasteiger charge is 2.17. The van der Waals surface area contributed by atoms with Gasteiger partial charge in [-0.1, -0.05) is 188 Å². The monoisotopic (exact) mass is 675 g/mol. The Hall–Kier alpha value is -6.96. The molecule has 9 aromatic carbocycles. The topological polar surface area (TPSA) is 3.24 Å². The minimum absolute atomic E-state index is 1.10. The lowest BCUT2D eigenvalue weighted by atomic mass is 9.87. The van der Waals surface area contributed by atoms with Crippen LogP contribution in [0.4, 0.5) is 17.1 Å². The minimum Gasteiger partial charge on any atom is -0.311 e. The average molecular weight is 676 g/mol. The van der Waals surface area contributed by atoms with Crippen molar-refractivity contribution in [1.29, 1.82) is 0 Å². The Labute approximate surface area is 311 Å². The fraction of sp³-hybridized carbons (Fsp3) is 0. The van der Waals surface area contributed by atoms with Crippen LogP contribution in [0.5, 0.6) is 0 Å². The molecule has 0 radical (unpaired) electrons. The molecule has 0 atom stereocenters. The molecule has 0 unspecified atom stereocenters. The molecule has 1 nitrogen and oxygen atoms in total. The van der Waals surface area contributed by atoms with E-state index in [9.17, 15) is 0 Å². The number of hydrogen-bond acceptors (Lipinski definition) is 1. The second kappa shape index (κ2) is 14.3. The highest BCUT2D eigenvalue weighted by molar-refractivity contribution is 5.97. The maximum Gasteiger partial charge on any atom is 0.0462 e. The van der Waals surface area contributed by atoms with Crippen molar-refractivity contribution in [2.75, 3.05) is 4.90 Å². The summed E-state index contributed by atoms with van der Waals surface area (Å²) >= 11 is 0. The summed E-state index contributed by atoms with van der Waals surface area (Å²) in [6.07, 6.45) is 0. The van der Waals surface area contributed by atoms with Gasteiger partial charge in [-0.3, -0.25) is 0 Å². The van der Waals surface area contributed by atoms with Gasteiger partial charge in [0.2, 0.25) is 0 Å². The van der Waals surface area contributed by atoms with Crippen LogP contribution in [0.25, 0.3) is 66.4 Å². The highest BCUT2D eigenvalue weighted by atomic mass is 15.1. The highest BCUT2D eigenvalue weighted by Crippen LogP contribution is 2.42. The Morgan fingerprint density at radius 2 is 0.585 bits per heavy atom. The molecular weight excluding hydrogens is 639 g/mol. The van der Waals surface area contributed by atoms with Gasteiger partial charge < -0.3 is 4.90 Å². The Morgan fingerprint density at radius 1 is 0.226 bits per heavy atom. The SMILES string of the molecule is c1ccc(-c2ccc(N(c3ccc(-c4cccc(-c5ccccc5)c4-c4ccccc4)cc3)c3ccc(-c4cccc5ccccc45)cc3)cc2)cc1. The summed E-state index contributed by atoms with van der Waals surface area (Å²) in [5.41, 5.74) is 15.4. The van der Waals surface area contributed by atoms with Crippen molar-refractivity contribution in [1.82, 2.24) is 0 Å². The molecule has 0 saturated heterocycles. The van der Waals surface area contributed by atoms with Crippen LogP contribution < -0.4 is 4.90 Å². The smallest absolute Gasteiger partial charge is 0.0462 e. The Kier molecular flexibility index (Phi) is 8.66. The van der Waals surface area contributed by atoms with Gasteiger partial charge in [0.05, 0.1) is 0 Å². The number of fused-ring (bicyclic) bond motifs is 1. The summed E-state index contributed by atoms with van der Waals surface area (Å²) in [6, 6.07) is 80.7. The molecule has 0 bridgehead atoms. The van der Waals surface area contributed by atoms with Crippen LogP contribution in [0.3, 0.4) is 0 Å². The van der Waals surface area contributed by atoms with Gasteiger partial charge in [-0.05, 0) is 103 Å². The lowest BCUT2D eigenvalue weighted by Crippen LogP contribution is -2.09. The fourth-order valence-corrected chi connectivity index (χ4v) is 7.50. The molecule has 53 heavy (non-hydrogen) atoms. The zero-order valence-electron chi connectivity index (χ0n) is 29.3. The lowest BCUT2D eigenvalue weighted by Gasteiger charge is -2.26. The normalized spacial score (nSPS) is 11.0. The van der Waals surface area contributed by atoms with E-state index in [2.05, 4.69) is 229 Å². The molecule has 0 aromatic heterocycles. The zero-order valence-corrected chi connectivity index (χ0v) is 29.3. The molecule has 9 rings (SSSR count). The van der Waals surface area contributed by atoms with Crippen LogP contribution in [-0.2, 0) is 0 Å². The first-order chi connectivity index (χ1) is 26.3. The van der Waals surface area contributed by atoms with Gasteiger partial charge >= 0.3 is 0 Å². The number of nitrogens with zero attached hydrogens (tertiary/aromatic N) is 1. The second-order valence-corrected chi connectivity index (χ2v) is 13.3. The standard InChI is InChI=1S/C52H37N/c1-4-14-38(15-5-1)39-26-32-45(33-27-39)53(46-34-28-42(29-35-46)49-23-12-21-40-18-10-11-22-48(40)49)47-36-30-43(31-37-47)51-25-13-24-50(41-16-6-2-7-17-41)52(51)44-19-8-3-9-20-44/h1-37H. The Balaban J connectivity index is 1.13. The summed E-state index contributed by atoms with van der Waals surface area (Å²) in [7, 11) is 0. The van der Waals surface area contributed by atoms with Crippen molar-refractivity contribution < 1.29 is 0 Å². The summed E-state index contributed by atoms with van der Waals surface area (Å²) in [5, 5.41) is 2.51. The summed E-state index contributed by atoms with van der Waals surface area (Å²) in [4.78, 5) is 2.35. The number of rotatable bonds is 8. The first-order valence-corrected chi connectivity index (χ1v) is 18.2. The zero-order chi connectivity index (χ0) is 35.4. The van der Waals surface area contributed by atoms with Crippen LogP contribution in [0.15, 0.2) is 224 Å². The van der Waals surface area contributed by atoms with E-state index in [0.717, 1.165) is 17.1 Å². The van der Waals surface area contributed by atoms with E-state index in [1.807, 2.05) is 0 Å². The molecule has 9 aromatic rings. The third kappa shape index (κ3) is 6.42. The molecule has 0 spiro atoms. The average Bonchev–Trinajstić information content (AvgIpc) is 3.25. The van der Waals surface area contributed by atoms with Gasteiger partial charge in [-0.25, -0.2) is 0 Å². The van der Waals surface area contributed by atoms with Gasteiger partial charge in [0.25, 0.3) is 0 Å². The van der Waals surface area contributed by atoms with E-state index in [4.69, 9.17) is 0 Å². The van der Waals surface area contributed by atoms with Crippen LogP contribution in [-0.4, -0.2) is 0 Å². The summed E-state index contributed by atoms with van der Waals surface area (Å²) in [5.74, 6) is 0. The van der Waals surface area contributed by atoms with Gasteiger partial charge in [0, 0.05) is 17.1 Å². The number of hydrogen-bond donors (Lipinski definition) is 0. The maximum atomic E-state index is 2.35. The van der Waals surface area contributed by atoms with Crippen molar-refractivity contribution in [2.45, 2.75) is 0 Å². The third-order valence-electron chi connectivity index (χ3n) is 10.1. The van der Waals surface area contributed by atoms with E-state index in [1.54, 1.807) is 0 Å². The van der Waals surface area contributed by atoms with Gasteiger partial charge in [0.1, 0.15) is 0 Å². The predicted molar refractivity (Wildman–Crippen MR) is 226 cm³/mol. The molecule has 0 N–H and O–H groups in total. The first-order valence-electron chi connectivity index (χ1n) is 18.2. The van der Waals surface area contributed by atoms with E-state index in [1.165, 1.54) is 66.4 Å². The molecule has 0 aliphatic carbocycles. The van der Waals surface area contributed by atoms with Gasteiger partial charge in [-0.15, -0.1) is 0 Å². The van der Waals surface area contributed by atoms with Crippen molar-refractivity contribution in [2.24, 2.45) is 0 Å². The fourth-order valence-electron chi connectivity index (χ4n) is 7.50.